The van der Waals surface area contributed by atoms with Gasteiger partial charge in [0.2, 0.25) is 10.0 Å². The Morgan fingerprint density at radius 2 is 1.81 bits per heavy atom. The molecule has 0 aromatic carbocycles. The van der Waals surface area contributed by atoms with Crippen molar-refractivity contribution < 1.29 is 8.42 Å². The predicted octanol–water partition coefficient (Wildman–Crippen LogP) is 0.902. The summed E-state index contributed by atoms with van der Waals surface area (Å²) in [5.41, 5.74) is 0. The molecule has 0 bridgehead atoms. The van der Waals surface area contributed by atoms with Crippen LogP contribution in [0.15, 0.2) is 0 Å². The quantitative estimate of drug-likeness (QED) is 0.786. The molecule has 0 aromatic rings. The Balaban J connectivity index is 2.64. The van der Waals surface area contributed by atoms with Gasteiger partial charge in [0.25, 0.3) is 0 Å². The summed E-state index contributed by atoms with van der Waals surface area (Å²) >= 11 is 0. The maximum atomic E-state index is 12.2. The van der Waals surface area contributed by atoms with Gasteiger partial charge in [0.1, 0.15) is 0 Å². The standard InChI is InChI=1S/C11H24N2O2S/c1-5-12-6-11(4)16(14,15)13-7-9(2)10(3)8-13/h9-12H,5-8H2,1-4H3. The average molecular weight is 248 g/mol. The van der Waals surface area contributed by atoms with Crippen molar-refractivity contribution in [1.29, 1.82) is 0 Å². The van der Waals surface area contributed by atoms with Crippen molar-refractivity contribution in [2.24, 2.45) is 11.8 Å². The summed E-state index contributed by atoms with van der Waals surface area (Å²) in [4.78, 5) is 0. The molecule has 0 radical (unpaired) electrons. The molecule has 0 aromatic heterocycles. The fraction of sp³-hybridized carbons (Fsp3) is 1.00. The summed E-state index contributed by atoms with van der Waals surface area (Å²) in [6.07, 6.45) is 0. The number of nitrogens with one attached hydrogen (secondary N) is 1. The number of nitrogens with zero attached hydrogens (tertiary/aromatic N) is 1. The first kappa shape index (κ1) is 13.9. The van der Waals surface area contributed by atoms with Crippen molar-refractivity contribution in [3.63, 3.8) is 0 Å². The van der Waals surface area contributed by atoms with Gasteiger partial charge in [-0.3, -0.25) is 0 Å². The molecule has 16 heavy (non-hydrogen) atoms. The maximum absolute atomic E-state index is 12.2. The van der Waals surface area contributed by atoms with E-state index in [1.807, 2.05) is 6.92 Å². The van der Waals surface area contributed by atoms with Crippen LogP contribution in [0.25, 0.3) is 0 Å². The smallest absolute Gasteiger partial charge is 0.217 e. The van der Waals surface area contributed by atoms with Gasteiger partial charge in [0.15, 0.2) is 0 Å². The minimum absolute atomic E-state index is 0.329. The van der Waals surface area contributed by atoms with Crippen LogP contribution in [-0.2, 0) is 10.0 Å². The van der Waals surface area contributed by atoms with Crippen LogP contribution in [0.1, 0.15) is 27.7 Å². The van der Waals surface area contributed by atoms with E-state index in [4.69, 9.17) is 0 Å². The SMILES string of the molecule is CCNCC(C)S(=O)(=O)N1CC(C)C(C)C1. The van der Waals surface area contributed by atoms with Crippen molar-refractivity contribution in [3.8, 4) is 0 Å². The second-order valence-electron chi connectivity index (χ2n) is 4.93. The molecule has 3 unspecified atom stereocenters. The first-order valence-corrected chi connectivity index (χ1v) is 7.59. The molecule has 0 spiro atoms. The Morgan fingerprint density at radius 3 is 2.25 bits per heavy atom. The van der Waals surface area contributed by atoms with Gasteiger partial charge in [-0.05, 0) is 25.3 Å². The van der Waals surface area contributed by atoms with Gasteiger partial charge in [-0.15, -0.1) is 0 Å². The summed E-state index contributed by atoms with van der Waals surface area (Å²) in [6, 6.07) is 0. The molecule has 0 saturated carbocycles. The second kappa shape index (κ2) is 5.47. The van der Waals surface area contributed by atoms with E-state index >= 15 is 0 Å². The zero-order chi connectivity index (χ0) is 12.3. The van der Waals surface area contributed by atoms with Crippen LogP contribution < -0.4 is 5.32 Å². The van der Waals surface area contributed by atoms with Crippen LogP contribution in [-0.4, -0.2) is 44.2 Å². The lowest BCUT2D eigenvalue weighted by molar-refractivity contribution is 0.451. The normalized spacial score (nSPS) is 29.5. The molecule has 5 heteroatoms. The molecule has 0 aliphatic carbocycles. The van der Waals surface area contributed by atoms with Crippen LogP contribution in [0.3, 0.4) is 0 Å². The third kappa shape index (κ3) is 2.96. The molecule has 1 heterocycles. The average Bonchev–Trinajstić information content (AvgIpc) is 2.56. The van der Waals surface area contributed by atoms with E-state index in [-0.39, 0.29) is 5.25 Å². The largest absolute Gasteiger partial charge is 0.316 e. The third-order valence-electron chi connectivity index (χ3n) is 3.50. The predicted molar refractivity (Wildman–Crippen MR) is 66.8 cm³/mol. The van der Waals surface area contributed by atoms with Crippen LogP contribution in [0.4, 0.5) is 0 Å². The fourth-order valence-corrected chi connectivity index (χ4v) is 3.72. The van der Waals surface area contributed by atoms with E-state index in [9.17, 15) is 8.42 Å². The highest BCUT2D eigenvalue weighted by Gasteiger charge is 2.36. The van der Waals surface area contributed by atoms with E-state index in [0.717, 1.165) is 6.54 Å². The van der Waals surface area contributed by atoms with Gasteiger partial charge >= 0.3 is 0 Å². The minimum atomic E-state index is -3.11. The summed E-state index contributed by atoms with van der Waals surface area (Å²) in [6.45, 7) is 10.7. The number of hydrogen-bond donors (Lipinski definition) is 1. The van der Waals surface area contributed by atoms with Crippen LogP contribution in [0.5, 0.6) is 0 Å². The van der Waals surface area contributed by atoms with Crippen LogP contribution >= 0.6 is 0 Å². The molecule has 1 aliphatic rings. The summed E-state index contributed by atoms with van der Waals surface area (Å²) in [5.74, 6) is 0.946. The van der Waals surface area contributed by atoms with Gasteiger partial charge in [-0.25, -0.2) is 12.7 Å². The first-order chi connectivity index (χ1) is 7.39. The molecular formula is C11H24N2O2S. The number of sulfonamides is 1. The van der Waals surface area contributed by atoms with Crippen LogP contribution in [0, 0.1) is 11.8 Å². The summed E-state index contributed by atoms with van der Waals surface area (Å²) in [5, 5.41) is 2.77. The summed E-state index contributed by atoms with van der Waals surface area (Å²) < 4.78 is 26.1. The first-order valence-electron chi connectivity index (χ1n) is 6.09. The minimum Gasteiger partial charge on any atom is -0.316 e. The van der Waals surface area contributed by atoms with Gasteiger partial charge in [-0.2, -0.15) is 0 Å². The van der Waals surface area contributed by atoms with E-state index in [1.165, 1.54) is 0 Å². The summed E-state index contributed by atoms with van der Waals surface area (Å²) in [7, 11) is -3.11. The molecule has 3 atom stereocenters. The Hall–Kier alpha value is -0.130. The monoisotopic (exact) mass is 248 g/mol. The molecular weight excluding hydrogens is 224 g/mol. The Kier molecular flexibility index (Phi) is 4.76. The lowest BCUT2D eigenvalue weighted by atomic mass is 10.0. The van der Waals surface area contributed by atoms with E-state index in [1.54, 1.807) is 11.2 Å². The molecule has 0 amide bonds. The van der Waals surface area contributed by atoms with E-state index in [2.05, 4.69) is 19.2 Å². The van der Waals surface area contributed by atoms with Crippen molar-refractivity contribution in [2.45, 2.75) is 32.9 Å². The highest BCUT2D eigenvalue weighted by Crippen LogP contribution is 2.26. The molecule has 4 nitrogen and oxygen atoms in total. The molecule has 1 aliphatic heterocycles. The van der Waals surface area contributed by atoms with E-state index in [0.29, 0.717) is 31.5 Å². The Bertz CT molecular complexity index is 306. The van der Waals surface area contributed by atoms with Crippen molar-refractivity contribution in [3.05, 3.63) is 0 Å². The van der Waals surface area contributed by atoms with Gasteiger partial charge in [0.05, 0.1) is 5.25 Å². The van der Waals surface area contributed by atoms with Gasteiger partial charge in [-0.1, -0.05) is 20.8 Å². The van der Waals surface area contributed by atoms with Crippen LogP contribution in [0.2, 0.25) is 0 Å². The van der Waals surface area contributed by atoms with Crippen molar-refractivity contribution in [1.82, 2.24) is 9.62 Å². The highest BCUT2D eigenvalue weighted by molar-refractivity contribution is 7.89. The number of hydrogen-bond acceptors (Lipinski definition) is 3. The molecule has 1 rings (SSSR count). The van der Waals surface area contributed by atoms with Crippen molar-refractivity contribution >= 4 is 10.0 Å². The zero-order valence-electron chi connectivity index (χ0n) is 10.7. The maximum Gasteiger partial charge on any atom is 0.217 e. The fourth-order valence-electron chi connectivity index (χ4n) is 1.99. The van der Waals surface area contributed by atoms with Gasteiger partial charge in [0, 0.05) is 19.6 Å². The molecule has 1 saturated heterocycles. The number of rotatable bonds is 5. The van der Waals surface area contributed by atoms with E-state index < -0.39 is 10.0 Å². The lowest BCUT2D eigenvalue weighted by Crippen LogP contribution is -2.41. The molecule has 1 N–H and O–H groups in total. The zero-order valence-corrected chi connectivity index (χ0v) is 11.5. The Labute approximate surface area is 99.5 Å². The Morgan fingerprint density at radius 1 is 1.31 bits per heavy atom. The molecule has 1 fully saturated rings. The third-order valence-corrected chi connectivity index (χ3v) is 5.71. The second-order valence-corrected chi connectivity index (χ2v) is 7.29. The lowest BCUT2D eigenvalue weighted by Gasteiger charge is -2.21. The topological polar surface area (TPSA) is 49.4 Å². The highest BCUT2D eigenvalue weighted by atomic mass is 32.2. The van der Waals surface area contributed by atoms with Gasteiger partial charge < -0.3 is 5.32 Å². The molecule has 96 valence electrons. The van der Waals surface area contributed by atoms with Crippen molar-refractivity contribution in [2.75, 3.05) is 26.2 Å².